The molecular weight excluding hydrogens is 346 g/mol. The van der Waals surface area contributed by atoms with Gasteiger partial charge in [0.15, 0.2) is 5.03 Å². The van der Waals surface area contributed by atoms with Crippen molar-refractivity contribution >= 4 is 37.5 Å². The minimum absolute atomic E-state index is 0.0564. The second-order valence-corrected chi connectivity index (χ2v) is 7.96. The summed E-state index contributed by atoms with van der Waals surface area (Å²) in [5.74, 6) is 1.51. The Balaban J connectivity index is 1.50. The highest BCUT2D eigenvalue weighted by Gasteiger charge is 2.17. The van der Waals surface area contributed by atoms with E-state index in [4.69, 9.17) is 0 Å². The molecule has 0 aliphatic rings. The molecule has 2 heterocycles. The normalized spacial score (nSPS) is 11.9. The van der Waals surface area contributed by atoms with Crippen molar-refractivity contribution in [2.75, 3.05) is 18.4 Å². The number of benzene rings is 1. The van der Waals surface area contributed by atoms with Gasteiger partial charge in [-0.05, 0) is 37.0 Å². The molecule has 0 atom stereocenters. The molecule has 0 fully saturated rings. The standard InChI is InChI=1S/C15H19N5O2S2/c1-11-18-14(10-20(11)2)24(21,22)17-9-5-8-16-15-12-6-3-4-7-13(12)23-19-15/h3-4,6-7,10,17H,5,8-9H2,1-2H3,(H,16,19). The number of fused-ring (bicyclic) bond motifs is 1. The molecule has 0 unspecified atom stereocenters. The highest BCUT2D eigenvalue weighted by Crippen LogP contribution is 2.25. The van der Waals surface area contributed by atoms with Crippen molar-refractivity contribution < 1.29 is 8.42 Å². The Hall–Kier alpha value is -1.97. The van der Waals surface area contributed by atoms with Crippen LogP contribution in [0.4, 0.5) is 5.82 Å². The van der Waals surface area contributed by atoms with Gasteiger partial charge >= 0.3 is 0 Å². The topological polar surface area (TPSA) is 88.9 Å². The van der Waals surface area contributed by atoms with E-state index >= 15 is 0 Å². The molecule has 24 heavy (non-hydrogen) atoms. The molecule has 0 saturated heterocycles. The molecule has 0 bridgehead atoms. The van der Waals surface area contributed by atoms with Gasteiger partial charge in [0.2, 0.25) is 0 Å². The smallest absolute Gasteiger partial charge is 0.259 e. The molecule has 3 aromatic rings. The molecule has 7 nitrogen and oxygen atoms in total. The van der Waals surface area contributed by atoms with Crippen LogP contribution in [-0.2, 0) is 17.1 Å². The van der Waals surface area contributed by atoms with E-state index in [9.17, 15) is 8.42 Å². The zero-order valence-electron chi connectivity index (χ0n) is 13.5. The predicted octanol–water partition coefficient (Wildman–Crippen LogP) is 2.12. The molecule has 1 aromatic carbocycles. The van der Waals surface area contributed by atoms with E-state index in [2.05, 4.69) is 19.4 Å². The maximum Gasteiger partial charge on any atom is 0.259 e. The Kier molecular flexibility index (Phi) is 4.83. The van der Waals surface area contributed by atoms with Gasteiger partial charge in [0, 0.05) is 31.7 Å². The average molecular weight is 365 g/mol. The summed E-state index contributed by atoms with van der Waals surface area (Å²) in [6, 6.07) is 8.01. The van der Waals surface area contributed by atoms with E-state index in [-0.39, 0.29) is 5.03 Å². The first-order valence-corrected chi connectivity index (χ1v) is 9.81. The first-order valence-electron chi connectivity index (χ1n) is 7.55. The van der Waals surface area contributed by atoms with Crippen LogP contribution in [0.2, 0.25) is 0 Å². The average Bonchev–Trinajstić information content (AvgIpc) is 3.12. The maximum atomic E-state index is 12.1. The fourth-order valence-corrected chi connectivity index (χ4v) is 4.11. The van der Waals surface area contributed by atoms with E-state index in [1.54, 1.807) is 18.5 Å². The fraction of sp³-hybridized carbons (Fsp3) is 0.333. The number of rotatable bonds is 7. The number of imidazole rings is 1. The zero-order chi connectivity index (χ0) is 17.2. The molecular formula is C15H19N5O2S2. The molecule has 128 valence electrons. The summed E-state index contributed by atoms with van der Waals surface area (Å²) in [5.41, 5.74) is 0. The monoisotopic (exact) mass is 365 g/mol. The van der Waals surface area contributed by atoms with Crippen molar-refractivity contribution in [2.45, 2.75) is 18.4 Å². The summed E-state index contributed by atoms with van der Waals surface area (Å²) in [7, 11) is -1.79. The van der Waals surface area contributed by atoms with E-state index < -0.39 is 10.0 Å². The third kappa shape index (κ3) is 3.58. The van der Waals surface area contributed by atoms with Gasteiger partial charge in [-0.3, -0.25) is 0 Å². The van der Waals surface area contributed by atoms with Crippen LogP contribution in [0.1, 0.15) is 12.2 Å². The van der Waals surface area contributed by atoms with Gasteiger partial charge in [-0.2, -0.15) is 4.37 Å². The number of hydrogen-bond donors (Lipinski definition) is 2. The first kappa shape index (κ1) is 16.9. The lowest BCUT2D eigenvalue weighted by molar-refractivity contribution is 0.576. The largest absolute Gasteiger partial charge is 0.369 e. The minimum Gasteiger partial charge on any atom is -0.369 e. The Morgan fingerprint density at radius 1 is 1.25 bits per heavy atom. The van der Waals surface area contributed by atoms with E-state index in [0.29, 0.717) is 25.3 Å². The van der Waals surface area contributed by atoms with Gasteiger partial charge in [-0.25, -0.2) is 18.1 Å². The second-order valence-electron chi connectivity index (χ2n) is 5.44. The summed E-state index contributed by atoms with van der Waals surface area (Å²) < 4.78 is 34.1. The number of sulfonamides is 1. The quantitative estimate of drug-likeness (QED) is 0.626. The SMILES string of the molecule is Cc1nc(S(=O)(=O)NCCCNc2nsc3ccccc23)cn1C. The van der Waals surface area contributed by atoms with Crippen molar-refractivity contribution in [1.29, 1.82) is 0 Å². The summed E-state index contributed by atoms with van der Waals surface area (Å²) >= 11 is 1.45. The molecule has 0 radical (unpaired) electrons. The van der Waals surface area contributed by atoms with Crippen LogP contribution in [0.15, 0.2) is 35.5 Å². The van der Waals surface area contributed by atoms with Crippen LogP contribution >= 0.6 is 11.5 Å². The molecule has 9 heteroatoms. The lowest BCUT2D eigenvalue weighted by Crippen LogP contribution is -2.26. The Morgan fingerprint density at radius 3 is 2.79 bits per heavy atom. The molecule has 3 rings (SSSR count). The second kappa shape index (κ2) is 6.88. The summed E-state index contributed by atoms with van der Waals surface area (Å²) in [4.78, 5) is 4.04. The van der Waals surface area contributed by atoms with Gasteiger partial charge < -0.3 is 9.88 Å². The Labute approximate surface area is 144 Å². The predicted molar refractivity (Wildman–Crippen MR) is 95.9 cm³/mol. The van der Waals surface area contributed by atoms with Crippen LogP contribution in [-0.4, -0.2) is 35.4 Å². The molecule has 0 saturated carbocycles. The number of anilines is 1. The van der Waals surface area contributed by atoms with Gasteiger partial charge in [0.25, 0.3) is 10.0 Å². The number of nitrogens with one attached hydrogen (secondary N) is 2. The third-order valence-corrected chi connectivity index (χ3v) is 5.84. The lowest BCUT2D eigenvalue weighted by atomic mass is 10.2. The molecule has 0 aliphatic heterocycles. The van der Waals surface area contributed by atoms with Crippen molar-refractivity contribution in [3.63, 3.8) is 0 Å². The zero-order valence-corrected chi connectivity index (χ0v) is 15.1. The molecule has 0 aliphatic carbocycles. The van der Waals surface area contributed by atoms with Crippen LogP contribution in [0, 0.1) is 6.92 Å². The van der Waals surface area contributed by atoms with Crippen molar-refractivity contribution in [3.05, 3.63) is 36.3 Å². The third-order valence-electron chi connectivity index (χ3n) is 3.68. The summed E-state index contributed by atoms with van der Waals surface area (Å²) in [5, 5.41) is 4.40. The van der Waals surface area contributed by atoms with Gasteiger partial charge in [0.1, 0.15) is 11.6 Å². The fourth-order valence-electron chi connectivity index (χ4n) is 2.24. The highest BCUT2D eigenvalue weighted by atomic mass is 32.2. The van der Waals surface area contributed by atoms with Gasteiger partial charge in [0.05, 0.1) is 4.70 Å². The van der Waals surface area contributed by atoms with Crippen LogP contribution in [0.25, 0.3) is 10.1 Å². The van der Waals surface area contributed by atoms with Crippen LogP contribution in [0.3, 0.4) is 0 Å². The number of nitrogens with zero attached hydrogens (tertiary/aromatic N) is 3. The first-order chi connectivity index (χ1) is 11.5. The molecule has 0 spiro atoms. The Bertz CT molecular complexity index is 926. The van der Waals surface area contributed by atoms with Crippen LogP contribution in [0.5, 0.6) is 0 Å². The van der Waals surface area contributed by atoms with Crippen LogP contribution < -0.4 is 10.0 Å². The lowest BCUT2D eigenvalue weighted by Gasteiger charge is -2.05. The summed E-state index contributed by atoms with van der Waals surface area (Å²) in [6.07, 6.45) is 2.16. The minimum atomic E-state index is -3.55. The number of hydrogen-bond acceptors (Lipinski definition) is 6. The van der Waals surface area contributed by atoms with E-state index in [1.807, 2.05) is 24.3 Å². The van der Waals surface area contributed by atoms with Crippen molar-refractivity contribution in [1.82, 2.24) is 18.6 Å². The molecule has 2 aromatic heterocycles. The van der Waals surface area contributed by atoms with Gasteiger partial charge in [-0.15, -0.1) is 0 Å². The van der Waals surface area contributed by atoms with E-state index in [1.165, 1.54) is 17.7 Å². The molecule has 0 amide bonds. The summed E-state index contributed by atoms with van der Waals surface area (Å²) in [6.45, 7) is 2.74. The van der Waals surface area contributed by atoms with E-state index in [0.717, 1.165) is 15.9 Å². The van der Waals surface area contributed by atoms with Crippen molar-refractivity contribution in [2.24, 2.45) is 7.05 Å². The van der Waals surface area contributed by atoms with Gasteiger partial charge in [-0.1, -0.05) is 12.1 Å². The Morgan fingerprint density at radius 2 is 2.04 bits per heavy atom. The number of aryl methyl sites for hydroxylation is 2. The maximum absolute atomic E-state index is 12.1. The van der Waals surface area contributed by atoms with Crippen molar-refractivity contribution in [3.8, 4) is 0 Å². The highest BCUT2D eigenvalue weighted by molar-refractivity contribution is 7.89. The molecule has 2 N–H and O–H groups in total. The number of aromatic nitrogens is 3.